The maximum absolute atomic E-state index is 12.7. The van der Waals surface area contributed by atoms with Crippen LogP contribution < -0.4 is 10.2 Å². The second-order valence-corrected chi connectivity index (χ2v) is 8.19. The lowest BCUT2D eigenvalue weighted by Gasteiger charge is -2.36. The summed E-state index contributed by atoms with van der Waals surface area (Å²) in [5.41, 5.74) is 4.33. The Morgan fingerprint density at radius 1 is 0.875 bits per heavy atom. The summed E-state index contributed by atoms with van der Waals surface area (Å²) in [4.78, 5) is 28.6. The molecule has 164 valence electrons. The van der Waals surface area contributed by atoms with Gasteiger partial charge in [0.2, 0.25) is 5.91 Å². The summed E-state index contributed by atoms with van der Waals surface area (Å²) in [7, 11) is 0. The van der Waals surface area contributed by atoms with Gasteiger partial charge in [-0.1, -0.05) is 61.0 Å². The third-order valence-electron chi connectivity index (χ3n) is 5.74. The molecule has 0 atom stereocenters. The van der Waals surface area contributed by atoms with Crippen molar-refractivity contribution in [1.29, 1.82) is 0 Å². The lowest BCUT2D eigenvalue weighted by atomic mass is 10.0. The van der Waals surface area contributed by atoms with Crippen molar-refractivity contribution in [2.75, 3.05) is 36.4 Å². The molecule has 3 aromatic rings. The molecule has 1 aliphatic heterocycles. The summed E-state index contributed by atoms with van der Waals surface area (Å²) in [5.74, 6) is 0.00530. The zero-order chi connectivity index (χ0) is 22.5. The van der Waals surface area contributed by atoms with E-state index >= 15 is 0 Å². The number of rotatable bonds is 5. The summed E-state index contributed by atoms with van der Waals surface area (Å²) in [6.45, 7) is 4.76. The van der Waals surface area contributed by atoms with Crippen molar-refractivity contribution in [3.8, 4) is 11.1 Å². The smallest absolute Gasteiger partial charge is 0.255 e. The number of halogens is 1. The molecule has 5 nitrogen and oxygen atoms in total. The molecule has 1 saturated heterocycles. The Bertz CT molecular complexity index is 1090. The molecule has 4 rings (SSSR count). The monoisotopic (exact) mass is 447 g/mol. The van der Waals surface area contributed by atoms with Crippen LogP contribution in [0, 0.1) is 0 Å². The van der Waals surface area contributed by atoms with E-state index in [1.165, 1.54) is 0 Å². The van der Waals surface area contributed by atoms with E-state index in [0.717, 1.165) is 29.9 Å². The molecule has 2 amide bonds. The van der Waals surface area contributed by atoms with Crippen LogP contribution in [0.5, 0.6) is 0 Å². The zero-order valence-corrected chi connectivity index (χ0v) is 18.8. The summed E-state index contributed by atoms with van der Waals surface area (Å²) in [6, 6.07) is 23.2. The molecule has 6 heteroatoms. The van der Waals surface area contributed by atoms with Gasteiger partial charge in [0.1, 0.15) is 0 Å². The van der Waals surface area contributed by atoms with Gasteiger partial charge >= 0.3 is 0 Å². The zero-order valence-electron chi connectivity index (χ0n) is 18.1. The molecule has 1 N–H and O–H groups in total. The number of hydrogen-bond acceptors (Lipinski definition) is 3. The van der Waals surface area contributed by atoms with Crippen LogP contribution in [0.3, 0.4) is 0 Å². The minimum absolute atomic E-state index is 0.180. The van der Waals surface area contributed by atoms with E-state index in [2.05, 4.69) is 10.2 Å². The van der Waals surface area contributed by atoms with Crippen LogP contribution in [-0.2, 0) is 4.79 Å². The SMILES string of the molecule is CCC(=O)N1CCN(c2ccc(NC(=O)c3ccc(-c4ccccc4)cc3)cc2Cl)CC1. The molecule has 3 aromatic carbocycles. The Hall–Kier alpha value is -3.31. The van der Waals surface area contributed by atoms with Gasteiger partial charge < -0.3 is 15.1 Å². The first-order chi connectivity index (χ1) is 15.5. The van der Waals surface area contributed by atoms with Gasteiger partial charge in [-0.3, -0.25) is 9.59 Å². The highest BCUT2D eigenvalue weighted by Gasteiger charge is 2.21. The van der Waals surface area contributed by atoms with Crippen LogP contribution in [0.4, 0.5) is 11.4 Å². The summed E-state index contributed by atoms with van der Waals surface area (Å²) in [6.07, 6.45) is 0.532. The molecule has 0 aromatic heterocycles. The van der Waals surface area contributed by atoms with Crippen LogP contribution >= 0.6 is 11.6 Å². The van der Waals surface area contributed by atoms with Crippen molar-refractivity contribution in [3.05, 3.63) is 83.4 Å². The predicted molar refractivity (Wildman–Crippen MR) is 130 cm³/mol. The van der Waals surface area contributed by atoms with Gasteiger partial charge in [0.25, 0.3) is 5.91 Å². The van der Waals surface area contributed by atoms with Gasteiger partial charge in [-0.05, 0) is 41.5 Å². The highest BCUT2D eigenvalue weighted by molar-refractivity contribution is 6.33. The van der Waals surface area contributed by atoms with E-state index < -0.39 is 0 Å². The predicted octanol–water partition coefficient (Wildman–Crippen LogP) is 5.32. The number of benzene rings is 3. The Balaban J connectivity index is 1.39. The molecule has 1 aliphatic rings. The molecular weight excluding hydrogens is 422 g/mol. The van der Waals surface area contributed by atoms with Crippen molar-refractivity contribution >= 4 is 34.8 Å². The normalized spacial score (nSPS) is 13.7. The first kappa shape index (κ1) is 21.9. The van der Waals surface area contributed by atoms with Crippen molar-refractivity contribution in [2.45, 2.75) is 13.3 Å². The van der Waals surface area contributed by atoms with Gasteiger partial charge in [-0.15, -0.1) is 0 Å². The fourth-order valence-corrected chi connectivity index (χ4v) is 4.21. The van der Waals surface area contributed by atoms with E-state index in [1.54, 1.807) is 6.07 Å². The van der Waals surface area contributed by atoms with Gasteiger partial charge in [0.15, 0.2) is 0 Å². The lowest BCUT2D eigenvalue weighted by molar-refractivity contribution is -0.131. The average Bonchev–Trinajstić information content (AvgIpc) is 2.84. The Kier molecular flexibility index (Phi) is 6.76. The maximum Gasteiger partial charge on any atom is 0.255 e. The number of anilines is 2. The number of nitrogens with zero attached hydrogens (tertiary/aromatic N) is 2. The van der Waals surface area contributed by atoms with Crippen LogP contribution in [0.25, 0.3) is 11.1 Å². The molecule has 0 saturated carbocycles. The van der Waals surface area contributed by atoms with E-state index in [4.69, 9.17) is 11.6 Å². The number of carbonyl (C=O) groups is 2. The van der Waals surface area contributed by atoms with Crippen LogP contribution in [0.2, 0.25) is 5.02 Å². The molecule has 1 fully saturated rings. The summed E-state index contributed by atoms with van der Waals surface area (Å²) < 4.78 is 0. The van der Waals surface area contributed by atoms with Crippen LogP contribution in [0.1, 0.15) is 23.7 Å². The molecule has 0 unspecified atom stereocenters. The lowest BCUT2D eigenvalue weighted by Crippen LogP contribution is -2.48. The standard InChI is InChI=1S/C26H26ClN3O2/c1-2-25(31)30-16-14-29(15-17-30)24-13-12-22(18-23(24)27)28-26(32)21-10-8-20(9-11-21)19-6-4-3-5-7-19/h3-13,18H,2,14-17H2,1H3,(H,28,32). The van der Waals surface area contributed by atoms with Crippen molar-refractivity contribution < 1.29 is 9.59 Å². The Morgan fingerprint density at radius 3 is 2.16 bits per heavy atom. The highest BCUT2D eigenvalue weighted by atomic mass is 35.5. The largest absolute Gasteiger partial charge is 0.367 e. The van der Waals surface area contributed by atoms with Crippen LogP contribution in [0.15, 0.2) is 72.8 Å². The second-order valence-electron chi connectivity index (χ2n) is 7.79. The van der Waals surface area contributed by atoms with E-state index in [1.807, 2.05) is 78.6 Å². The number of amides is 2. The number of piperazine rings is 1. The number of hydrogen-bond donors (Lipinski definition) is 1. The molecule has 0 spiro atoms. The van der Waals surface area contributed by atoms with Crippen molar-refractivity contribution in [2.24, 2.45) is 0 Å². The molecule has 0 bridgehead atoms. The van der Waals surface area contributed by atoms with Crippen molar-refractivity contribution in [1.82, 2.24) is 4.90 Å². The topological polar surface area (TPSA) is 52.7 Å². The van der Waals surface area contributed by atoms with Crippen LogP contribution in [-0.4, -0.2) is 42.9 Å². The van der Waals surface area contributed by atoms with Gasteiger partial charge in [-0.2, -0.15) is 0 Å². The first-order valence-electron chi connectivity index (χ1n) is 10.8. The Morgan fingerprint density at radius 2 is 1.53 bits per heavy atom. The van der Waals surface area contributed by atoms with E-state index in [9.17, 15) is 9.59 Å². The molecule has 1 heterocycles. The van der Waals surface area contributed by atoms with Crippen molar-refractivity contribution in [3.63, 3.8) is 0 Å². The number of nitrogens with one attached hydrogen (secondary N) is 1. The quantitative estimate of drug-likeness (QED) is 0.576. The fourth-order valence-electron chi connectivity index (χ4n) is 3.91. The minimum atomic E-state index is -0.180. The third kappa shape index (κ3) is 4.94. The van der Waals surface area contributed by atoms with Gasteiger partial charge in [-0.25, -0.2) is 0 Å². The highest BCUT2D eigenvalue weighted by Crippen LogP contribution is 2.30. The minimum Gasteiger partial charge on any atom is -0.367 e. The van der Waals surface area contributed by atoms with Gasteiger partial charge in [0, 0.05) is 43.9 Å². The summed E-state index contributed by atoms with van der Waals surface area (Å²) >= 11 is 6.53. The number of carbonyl (C=O) groups excluding carboxylic acids is 2. The van der Waals surface area contributed by atoms with E-state index in [0.29, 0.717) is 35.8 Å². The molecule has 32 heavy (non-hydrogen) atoms. The molecular formula is C26H26ClN3O2. The van der Waals surface area contributed by atoms with Gasteiger partial charge in [0.05, 0.1) is 10.7 Å². The molecule has 0 aliphatic carbocycles. The molecule has 0 radical (unpaired) electrons. The summed E-state index contributed by atoms with van der Waals surface area (Å²) in [5, 5.41) is 3.50. The fraction of sp³-hybridized carbons (Fsp3) is 0.231. The second kappa shape index (κ2) is 9.88. The van der Waals surface area contributed by atoms with E-state index in [-0.39, 0.29) is 11.8 Å². The average molecular weight is 448 g/mol. The Labute approximate surface area is 193 Å². The maximum atomic E-state index is 12.7. The third-order valence-corrected chi connectivity index (χ3v) is 6.04. The first-order valence-corrected chi connectivity index (χ1v) is 11.2.